The number of nitrogens with one attached hydrogen (secondary N) is 1. The van der Waals surface area contributed by atoms with Crippen molar-refractivity contribution in [3.8, 4) is 23.0 Å². The lowest BCUT2D eigenvalue weighted by molar-refractivity contribution is 0.102. The summed E-state index contributed by atoms with van der Waals surface area (Å²) in [6, 6.07) is 14.0. The third-order valence-corrected chi connectivity index (χ3v) is 7.04. The van der Waals surface area contributed by atoms with E-state index in [-0.39, 0.29) is 28.9 Å². The monoisotopic (exact) mass is 496 g/mol. The summed E-state index contributed by atoms with van der Waals surface area (Å²) >= 11 is 0. The van der Waals surface area contributed by atoms with Crippen LogP contribution in [-0.2, 0) is 16.6 Å². The Labute approximate surface area is 200 Å². The van der Waals surface area contributed by atoms with E-state index in [1.54, 1.807) is 30.3 Å². The van der Waals surface area contributed by atoms with Crippen LogP contribution in [0.3, 0.4) is 0 Å². The number of amides is 1. The third kappa shape index (κ3) is 4.74. The molecule has 2 aromatic carbocycles. The fourth-order valence-electron chi connectivity index (χ4n) is 3.40. The van der Waals surface area contributed by atoms with Gasteiger partial charge in [0, 0.05) is 18.2 Å². The molecule has 0 radical (unpaired) electrons. The predicted molar refractivity (Wildman–Crippen MR) is 122 cm³/mol. The van der Waals surface area contributed by atoms with E-state index in [0.717, 1.165) is 0 Å². The standard InChI is InChI=1S/C23H20N4O7S/c1-27(14-17-3-2-10-31-17)35(29,30)18-7-4-15(5-8-18)21(28)24-23-26-25-22(34-23)16-6-9-19-20(13-16)33-12-11-32-19/h2-10,13H,11-12,14H2,1H3,(H,24,26,28). The Morgan fingerprint density at radius 1 is 1.03 bits per heavy atom. The van der Waals surface area contributed by atoms with Gasteiger partial charge in [0.15, 0.2) is 11.5 Å². The zero-order valence-corrected chi connectivity index (χ0v) is 19.3. The van der Waals surface area contributed by atoms with Crippen molar-refractivity contribution in [1.82, 2.24) is 14.5 Å². The van der Waals surface area contributed by atoms with Crippen LogP contribution in [0.2, 0.25) is 0 Å². The molecular weight excluding hydrogens is 476 g/mol. The average molecular weight is 497 g/mol. The van der Waals surface area contributed by atoms with Gasteiger partial charge in [0.2, 0.25) is 15.9 Å². The van der Waals surface area contributed by atoms with Gasteiger partial charge in [-0.3, -0.25) is 10.1 Å². The average Bonchev–Trinajstić information content (AvgIpc) is 3.56. The summed E-state index contributed by atoms with van der Waals surface area (Å²) in [6.45, 7) is 1.01. The molecule has 1 aliphatic rings. The van der Waals surface area contributed by atoms with E-state index in [1.165, 1.54) is 41.9 Å². The molecule has 5 rings (SSSR count). The second-order valence-corrected chi connectivity index (χ2v) is 9.63. The molecule has 0 aliphatic carbocycles. The molecule has 0 saturated carbocycles. The largest absolute Gasteiger partial charge is 0.486 e. The summed E-state index contributed by atoms with van der Waals surface area (Å²) in [5.74, 6) is 1.38. The van der Waals surface area contributed by atoms with Gasteiger partial charge in [-0.2, -0.15) is 4.31 Å². The normalized spacial score (nSPS) is 13.1. The van der Waals surface area contributed by atoms with Crippen LogP contribution < -0.4 is 14.8 Å². The number of fused-ring (bicyclic) bond motifs is 1. The molecule has 0 bridgehead atoms. The van der Waals surface area contributed by atoms with Gasteiger partial charge < -0.3 is 18.3 Å². The molecule has 11 nitrogen and oxygen atoms in total. The Hall–Kier alpha value is -4.16. The minimum absolute atomic E-state index is 0.0433. The highest BCUT2D eigenvalue weighted by Crippen LogP contribution is 2.34. The van der Waals surface area contributed by atoms with E-state index in [1.807, 2.05) is 0 Å². The number of nitrogens with zero attached hydrogens (tertiary/aromatic N) is 3. The van der Waals surface area contributed by atoms with Crippen LogP contribution in [0.15, 0.2) is 74.6 Å². The van der Waals surface area contributed by atoms with Gasteiger partial charge >= 0.3 is 6.01 Å². The van der Waals surface area contributed by atoms with Crippen LogP contribution in [0, 0.1) is 0 Å². The zero-order valence-electron chi connectivity index (χ0n) is 18.5. The number of carbonyl (C=O) groups is 1. The van der Waals surface area contributed by atoms with E-state index in [4.69, 9.17) is 18.3 Å². The highest BCUT2D eigenvalue weighted by Gasteiger charge is 2.23. The molecule has 0 fully saturated rings. The number of carbonyl (C=O) groups excluding carboxylic acids is 1. The SMILES string of the molecule is CN(Cc1ccco1)S(=O)(=O)c1ccc(C(=O)Nc2nnc(-c3ccc4c(c3)OCCO4)o2)cc1. The number of anilines is 1. The van der Waals surface area contributed by atoms with Crippen molar-refractivity contribution in [2.45, 2.75) is 11.4 Å². The van der Waals surface area contributed by atoms with Gasteiger partial charge in [0.05, 0.1) is 17.7 Å². The van der Waals surface area contributed by atoms with Crippen LogP contribution in [0.25, 0.3) is 11.5 Å². The topological polar surface area (TPSA) is 137 Å². The molecule has 12 heteroatoms. The number of hydrogen-bond acceptors (Lipinski definition) is 9. The second kappa shape index (κ2) is 9.24. The van der Waals surface area contributed by atoms with Gasteiger partial charge in [-0.05, 0) is 54.6 Å². The maximum Gasteiger partial charge on any atom is 0.322 e. The molecule has 0 atom stereocenters. The molecule has 0 unspecified atom stereocenters. The second-order valence-electron chi connectivity index (χ2n) is 7.59. The van der Waals surface area contributed by atoms with Crippen LogP contribution in [0.1, 0.15) is 16.1 Å². The molecule has 0 spiro atoms. The van der Waals surface area contributed by atoms with E-state index in [2.05, 4.69) is 15.5 Å². The maximum atomic E-state index is 12.8. The van der Waals surface area contributed by atoms with Crippen LogP contribution in [-0.4, -0.2) is 49.1 Å². The highest BCUT2D eigenvalue weighted by molar-refractivity contribution is 7.89. The molecule has 180 valence electrons. The van der Waals surface area contributed by atoms with Crippen molar-refractivity contribution in [3.63, 3.8) is 0 Å². The summed E-state index contributed by atoms with van der Waals surface area (Å²) in [5, 5.41) is 10.3. The summed E-state index contributed by atoms with van der Waals surface area (Å²) in [4.78, 5) is 12.7. The number of ether oxygens (including phenoxy) is 2. The van der Waals surface area contributed by atoms with Crippen molar-refractivity contribution < 1.29 is 31.5 Å². The number of rotatable bonds is 7. The first-order valence-electron chi connectivity index (χ1n) is 10.5. The Bertz CT molecular complexity index is 1450. The third-order valence-electron chi connectivity index (χ3n) is 5.22. The van der Waals surface area contributed by atoms with Crippen molar-refractivity contribution in [2.24, 2.45) is 0 Å². The van der Waals surface area contributed by atoms with Crippen LogP contribution in [0.5, 0.6) is 11.5 Å². The molecule has 4 aromatic rings. The molecule has 2 aromatic heterocycles. The summed E-state index contributed by atoms with van der Waals surface area (Å²) in [5.41, 5.74) is 0.826. The van der Waals surface area contributed by atoms with Crippen LogP contribution in [0.4, 0.5) is 6.01 Å². The van der Waals surface area contributed by atoms with Gasteiger partial charge in [-0.1, -0.05) is 5.10 Å². The van der Waals surface area contributed by atoms with Crippen molar-refractivity contribution in [1.29, 1.82) is 0 Å². The number of furan rings is 1. The van der Waals surface area contributed by atoms with Gasteiger partial charge in [-0.15, -0.1) is 5.10 Å². The van der Waals surface area contributed by atoms with E-state index in [9.17, 15) is 13.2 Å². The summed E-state index contributed by atoms with van der Waals surface area (Å²) < 4.78 is 48.6. The van der Waals surface area contributed by atoms with Gasteiger partial charge in [0.25, 0.3) is 5.91 Å². The Morgan fingerprint density at radius 2 is 1.80 bits per heavy atom. The number of sulfonamides is 1. The van der Waals surface area contributed by atoms with Gasteiger partial charge in [0.1, 0.15) is 19.0 Å². The minimum Gasteiger partial charge on any atom is -0.486 e. The lowest BCUT2D eigenvalue weighted by Gasteiger charge is -2.18. The quantitative estimate of drug-likeness (QED) is 0.409. The zero-order chi connectivity index (χ0) is 24.4. The number of benzene rings is 2. The fourth-order valence-corrected chi connectivity index (χ4v) is 4.54. The first kappa shape index (κ1) is 22.6. The highest BCUT2D eigenvalue weighted by atomic mass is 32.2. The first-order chi connectivity index (χ1) is 16.9. The molecule has 35 heavy (non-hydrogen) atoms. The van der Waals surface area contributed by atoms with Crippen molar-refractivity contribution >= 4 is 21.9 Å². The van der Waals surface area contributed by atoms with Crippen LogP contribution >= 0.6 is 0 Å². The van der Waals surface area contributed by atoms with E-state index >= 15 is 0 Å². The molecular formula is C23H20N4O7S. The molecule has 3 heterocycles. The summed E-state index contributed by atoms with van der Waals surface area (Å²) in [6.07, 6.45) is 1.48. The van der Waals surface area contributed by atoms with Crippen molar-refractivity contribution in [2.75, 3.05) is 25.6 Å². The number of aromatic nitrogens is 2. The Kier molecular flexibility index (Phi) is 5.97. The molecule has 1 amide bonds. The van der Waals surface area contributed by atoms with Crippen molar-refractivity contribution in [3.05, 3.63) is 72.2 Å². The molecule has 1 N–H and O–H groups in total. The number of hydrogen-bond donors (Lipinski definition) is 1. The maximum absolute atomic E-state index is 12.8. The first-order valence-corrected chi connectivity index (χ1v) is 12.0. The summed E-state index contributed by atoms with van der Waals surface area (Å²) in [7, 11) is -2.32. The smallest absolute Gasteiger partial charge is 0.322 e. The predicted octanol–water partition coefficient (Wildman–Crippen LogP) is 3.17. The fraction of sp³-hybridized carbons (Fsp3) is 0.174. The van der Waals surface area contributed by atoms with E-state index < -0.39 is 15.9 Å². The Balaban J connectivity index is 1.26. The lowest BCUT2D eigenvalue weighted by atomic mass is 10.2. The van der Waals surface area contributed by atoms with E-state index in [0.29, 0.717) is 36.0 Å². The van der Waals surface area contributed by atoms with Gasteiger partial charge in [-0.25, -0.2) is 8.42 Å². The lowest BCUT2D eigenvalue weighted by Crippen LogP contribution is -2.26. The molecule has 0 saturated heterocycles. The molecule has 1 aliphatic heterocycles. The minimum atomic E-state index is -3.77. The Morgan fingerprint density at radius 3 is 2.54 bits per heavy atom.